The second kappa shape index (κ2) is 5.65. The summed E-state index contributed by atoms with van der Waals surface area (Å²) in [6.45, 7) is 3.53. The Bertz CT molecular complexity index is 500. The molecule has 1 N–H and O–H groups in total. The maximum absolute atomic E-state index is 12.4. The highest BCUT2D eigenvalue weighted by atomic mass is 16.4. The number of benzene rings is 1. The third kappa shape index (κ3) is 2.69. The van der Waals surface area contributed by atoms with E-state index in [1.165, 1.54) is 0 Å². The molecule has 0 saturated heterocycles. The molecular formula is C16H20NO3-. The summed E-state index contributed by atoms with van der Waals surface area (Å²) in [6, 6.07) is 9.23. The Labute approximate surface area is 119 Å². The predicted octanol–water partition coefficient (Wildman–Crippen LogP) is 1.82. The van der Waals surface area contributed by atoms with Crippen molar-refractivity contribution in [3.63, 3.8) is 0 Å². The van der Waals surface area contributed by atoms with Crippen molar-refractivity contribution in [1.82, 2.24) is 0 Å². The Morgan fingerprint density at radius 1 is 1.30 bits per heavy atom. The minimum absolute atomic E-state index is 0.101. The van der Waals surface area contributed by atoms with Crippen molar-refractivity contribution in [3.05, 3.63) is 30.3 Å². The van der Waals surface area contributed by atoms with E-state index in [-0.39, 0.29) is 17.7 Å². The van der Waals surface area contributed by atoms with Crippen LogP contribution in [0.15, 0.2) is 30.3 Å². The van der Waals surface area contributed by atoms with Gasteiger partial charge in [-0.1, -0.05) is 38.5 Å². The fourth-order valence-electron chi connectivity index (χ4n) is 3.01. The number of nitrogens with one attached hydrogen (secondary N) is 1. The summed E-state index contributed by atoms with van der Waals surface area (Å²) in [7, 11) is 0. The summed E-state index contributed by atoms with van der Waals surface area (Å²) in [4.78, 5) is 23.7. The minimum atomic E-state index is -1.05. The van der Waals surface area contributed by atoms with E-state index in [1.54, 1.807) is 6.92 Å². The zero-order chi connectivity index (χ0) is 14.8. The summed E-state index contributed by atoms with van der Waals surface area (Å²) in [5.74, 6) is -1.67. The summed E-state index contributed by atoms with van der Waals surface area (Å²) in [5, 5.41) is 14.2. The lowest BCUT2D eigenvalue weighted by Crippen LogP contribution is -2.50. The molecule has 108 valence electrons. The highest BCUT2D eigenvalue weighted by Crippen LogP contribution is 2.44. The van der Waals surface area contributed by atoms with Gasteiger partial charge in [-0.2, -0.15) is 0 Å². The van der Waals surface area contributed by atoms with E-state index in [1.807, 2.05) is 37.3 Å². The fraction of sp³-hybridized carbons (Fsp3) is 0.500. The molecule has 0 aliphatic heterocycles. The standard InChI is InChI=1S/C16H21NO3/c1-11-13(9-6-10-16(11,2)15(19)20)14(18)17-12-7-4-3-5-8-12/h3-5,7-8,11,13H,6,9-10H2,1-2H3,(H,17,18)(H,19,20)/p-1/t11-,13+,16-/m1/s1. The van der Waals surface area contributed by atoms with E-state index in [0.717, 1.165) is 18.5 Å². The van der Waals surface area contributed by atoms with Crippen LogP contribution in [0.3, 0.4) is 0 Å². The van der Waals surface area contributed by atoms with Gasteiger partial charge in [0, 0.05) is 23.0 Å². The van der Waals surface area contributed by atoms with Crippen LogP contribution in [0.1, 0.15) is 33.1 Å². The van der Waals surface area contributed by atoms with Gasteiger partial charge in [-0.3, -0.25) is 4.79 Å². The van der Waals surface area contributed by atoms with Crippen molar-refractivity contribution in [2.75, 3.05) is 5.32 Å². The van der Waals surface area contributed by atoms with Crippen molar-refractivity contribution < 1.29 is 14.7 Å². The molecule has 1 aromatic rings. The van der Waals surface area contributed by atoms with Gasteiger partial charge in [0.1, 0.15) is 0 Å². The Balaban J connectivity index is 2.12. The normalized spacial score (nSPS) is 29.7. The molecule has 1 fully saturated rings. The van der Waals surface area contributed by atoms with E-state index in [4.69, 9.17) is 0 Å². The van der Waals surface area contributed by atoms with Crippen LogP contribution in [0.25, 0.3) is 0 Å². The minimum Gasteiger partial charge on any atom is -0.550 e. The number of rotatable bonds is 3. The largest absolute Gasteiger partial charge is 0.550 e. The van der Waals surface area contributed by atoms with E-state index < -0.39 is 11.4 Å². The third-order valence-corrected chi connectivity index (χ3v) is 4.66. The Morgan fingerprint density at radius 3 is 2.55 bits per heavy atom. The first kappa shape index (κ1) is 14.6. The second-order valence-corrected chi connectivity index (χ2v) is 5.85. The van der Waals surface area contributed by atoms with Crippen molar-refractivity contribution in [2.45, 2.75) is 33.1 Å². The van der Waals surface area contributed by atoms with Gasteiger partial charge in [-0.15, -0.1) is 0 Å². The van der Waals surface area contributed by atoms with Crippen molar-refractivity contribution in [2.24, 2.45) is 17.3 Å². The molecule has 1 aliphatic rings. The maximum atomic E-state index is 12.4. The second-order valence-electron chi connectivity index (χ2n) is 5.85. The number of carboxylic acid groups (broad SMARTS) is 1. The molecule has 1 aromatic carbocycles. The number of amides is 1. The lowest BCUT2D eigenvalue weighted by molar-refractivity contribution is -0.323. The molecule has 1 saturated carbocycles. The fourth-order valence-corrected chi connectivity index (χ4v) is 3.01. The van der Waals surface area contributed by atoms with Crippen molar-refractivity contribution in [3.8, 4) is 0 Å². The summed E-state index contributed by atoms with van der Waals surface area (Å²) >= 11 is 0. The first-order chi connectivity index (χ1) is 9.45. The van der Waals surface area contributed by atoms with Crippen LogP contribution >= 0.6 is 0 Å². The summed E-state index contributed by atoms with van der Waals surface area (Å²) in [6.07, 6.45) is 2.04. The van der Waals surface area contributed by atoms with Gasteiger partial charge in [-0.05, 0) is 30.9 Å². The van der Waals surface area contributed by atoms with Crippen LogP contribution in [0, 0.1) is 17.3 Å². The lowest BCUT2D eigenvalue weighted by Gasteiger charge is -2.44. The molecule has 4 heteroatoms. The highest BCUT2D eigenvalue weighted by molar-refractivity contribution is 5.93. The monoisotopic (exact) mass is 274 g/mol. The average Bonchev–Trinajstić information content (AvgIpc) is 2.42. The molecular weight excluding hydrogens is 254 g/mol. The Hall–Kier alpha value is -1.84. The van der Waals surface area contributed by atoms with Gasteiger partial charge in [0.2, 0.25) is 5.91 Å². The number of hydrogen-bond acceptors (Lipinski definition) is 3. The number of carbonyl (C=O) groups is 2. The van der Waals surface area contributed by atoms with Gasteiger partial charge in [0.05, 0.1) is 0 Å². The number of aliphatic carboxylic acids is 1. The van der Waals surface area contributed by atoms with Gasteiger partial charge >= 0.3 is 0 Å². The van der Waals surface area contributed by atoms with E-state index in [9.17, 15) is 14.7 Å². The van der Waals surface area contributed by atoms with Crippen LogP contribution < -0.4 is 10.4 Å². The molecule has 0 aromatic heterocycles. The summed E-state index contributed by atoms with van der Waals surface area (Å²) in [5.41, 5.74) is -0.179. The van der Waals surface area contributed by atoms with E-state index in [0.29, 0.717) is 6.42 Å². The molecule has 0 bridgehead atoms. The first-order valence-electron chi connectivity index (χ1n) is 7.02. The number of carboxylic acids is 1. The Kier molecular flexibility index (Phi) is 4.12. The molecule has 20 heavy (non-hydrogen) atoms. The predicted molar refractivity (Wildman–Crippen MR) is 74.7 cm³/mol. The SMILES string of the molecule is C[C@@H]1[C@@H](C(=O)Nc2ccccc2)CCC[C@@]1(C)C(=O)[O-]. The van der Waals surface area contributed by atoms with Crippen molar-refractivity contribution in [1.29, 1.82) is 0 Å². The van der Waals surface area contributed by atoms with Crippen LogP contribution in [0.5, 0.6) is 0 Å². The molecule has 0 spiro atoms. The molecule has 0 unspecified atom stereocenters. The molecule has 1 aliphatic carbocycles. The topological polar surface area (TPSA) is 69.2 Å². The molecule has 1 amide bonds. The first-order valence-corrected chi connectivity index (χ1v) is 7.02. The van der Waals surface area contributed by atoms with Crippen LogP contribution in [-0.2, 0) is 9.59 Å². The van der Waals surface area contributed by atoms with Gasteiger partial charge in [0.25, 0.3) is 0 Å². The number of anilines is 1. The molecule has 3 atom stereocenters. The quantitative estimate of drug-likeness (QED) is 0.914. The maximum Gasteiger partial charge on any atom is 0.227 e. The average molecular weight is 274 g/mol. The van der Waals surface area contributed by atoms with Gasteiger partial charge < -0.3 is 15.2 Å². The van der Waals surface area contributed by atoms with Gasteiger partial charge in [-0.25, -0.2) is 0 Å². The van der Waals surface area contributed by atoms with E-state index in [2.05, 4.69) is 5.32 Å². The van der Waals surface area contributed by atoms with Gasteiger partial charge in [0.15, 0.2) is 0 Å². The summed E-state index contributed by atoms with van der Waals surface area (Å²) < 4.78 is 0. The van der Waals surface area contributed by atoms with Crippen LogP contribution in [-0.4, -0.2) is 11.9 Å². The lowest BCUT2D eigenvalue weighted by atomic mass is 9.63. The van der Waals surface area contributed by atoms with Crippen LogP contribution in [0.2, 0.25) is 0 Å². The molecule has 2 rings (SSSR count). The molecule has 0 heterocycles. The third-order valence-electron chi connectivity index (χ3n) is 4.66. The zero-order valence-electron chi connectivity index (χ0n) is 11.9. The zero-order valence-corrected chi connectivity index (χ0v) is 11.9. The highest BCUT2D eigenvalue weighted by Gasteiger charge is 2.43. The molecule has 0 radical (unpaired) electrons. The van der Waals surface area contributed by atoms with Crippen molar-refractivity contribution >= 4 is 17.6 Å². The molecule has 4 nitrogen and oxygen atoms in total. The number of carbonyl (C=O) groups excluding carboxylic acids is 2. The smallest absolute Gasteiger partial charge is 0.227 e. The number of hydrogen-bond donors (Lipinski definition) is 1. The van der Waals surface area contributed by atoms with Crippen LogP contribution in [0.4, 0.5) is 5.69 Å². The number of para-hydroxylation sites is 1. The Morgan fingerprint density at radius 2 is 1.95 bits per heavy atom. The van der Waals surface area contributed by atoms with E-state index >= 15 is 0 Å².